The SMILES string of the molecule is CC1(C)[C@@H]2CC[C@@H](CCOCCN3CCOCC3)[C@H]1C2. The first-order chi connectivity index (χ1) is 9.68. The van der Waals surface area contributed by atoms with Crippen LogP contribution in [0.1, 0.15) is 39.5 Å². The Hall–Kier alpha value is -0.120. The Balaban J connectivity index is 1.28. The molecule has 1 aliphatic heterocycles. The summed E-state index contributed by atoms with van der Waals surface area (Å²) in [4.78, 5) is 2.45. The molecule has 4 fully saturated rings. The molecular weight excluding hydrogens is 250 g/mol. The maximum absolute atomic E-state index is 5.89. The number of ether oxygens (including phenoxy) is 2. The lowest BCUT2D eigenvalue weighted by atomic mass is 9.45. The van der Waals surface area contributed by atoms with Crippen LogP contribution in [0.25, 0.3) is 0 Å². The van der Waals surface area contributed by atoms with Crippen LogP contribution < -0.4 is 0 Å². The van der Waals surface area contributed by atoms with Gasteiger partial charge in [0.05, 0.1) is 19.8 Å². The molecule has 2 bridgehead atoms. The Kier molecular flexibility index (Phi) is 4.68. The molecule has 0 aromatic rings. The van der Waals surface area contributed by atoms with E-state index in [0.717, 1.165) is 63.8 Å². The summed E-state index contributed by atoms with van der Waals surface area (Å²) < 4.78 is 11.3. The van der Waals surface area contributed by atoms with Crippen molar-refractivity contribution in [2.75, 3.05) is 46.1 Å². The Labute approximate surface area is 124 Å². The summed E-state index contributed by atoms with van der Waals surface area (Å²) in [5, 5.41) is 0. The summed E-state index contributed by atoms with van der Waals surface area (Å²) in [5.74, 6) is 2.92. The Morgan fingerprint density at radius 2 is 1.95 bits per heavy atom. The van der Waals surface area contributed by atoms with Gasteiger partial charge in [0.25, 0.3) is 0 Å². The summed E-state index contributed by atoms with van der Waals surface area (Å²) in [6.07, 6.45) is 5.68. The summed E-state index contributed by atoms with van der Waals surface area (Å²) in [5.41, 5.74) is 0.622. The van der Waals surface area contributed by atoms with E-state index in [1.54, 1.807) is 0 Å². The van der Waals surface area contributed by atoms with Gasteiger partial charge in [-0.3, -0.25) is 4.90 Å². The van der Waals surface area contributed by atoms with Crippen molar-refractivity contribution >= 4 is 0 Å². The van der Waals surface area contributed by atoms with Gasteiger partial charge in [-0.05, 0) is 48.9 Å². The van der Waals surface area contributed by atoms with Gasteiger partial charge in [-0.2, -0.15) is 0 Å². The van der Waals surface area contributed by atoms with Crippen molar-refractivity contribution in [3.63, 3.8) is 0 Å². The molecule has 20 heavy (non-hydrogen) atoms. The molecule has 4 rings (SSSR count). The number of nitrogens with zero attached hydrogens (tertiary/aromatic N) is 1. The fourth-order valence-electron chi connectivity index (χ4n) is 4.66. The normalized spacial score (nSPS) is 36.6. The summed E-state index contributed by atoms with van der Waals surface area (Å²) in [6, 6.07) is 0. The molecule has 3 aliphatic carbocycles. The molecular formula is C17H31NO2. The highest BCUT2D eigenvalue weighted by molar-refractivity contribution is 5.03. The second kappa shape index (κ2) is 6.33. The van der Waals surface area contributed by atoms with Crippen LogP contribution in [0, 0.1) is 23.2 Å². The fraction of sp³-hybridized carbons (Fsp3) is 1.00. The summed E-state index contributed by atoms with van der Waals surface area (Å²) in [6.45, 7) is 11.8. The largest absolute Gasteiger partial charge is 0.380 e. The number of fused-ring (bicyclic) bond motifs is 2. The van der Waals surface area contributed by atoms with Gasteiger partial charge in [0.15, 0.2) is 0 Å². The molecule has 1 saturated heterocycles. The predicted octanol–water partition coefficient (Wildman–Crippen LogP) is 2.80. The zero-order valence-corrected chi connectivity index (χ0v) is 13.3. The van der Waals surface area contributed by atoms with E-state index in [9.17, 15) is 0 Å². The number of morpholine rings is 1. The molecule has 0 amide bonds. The fourth-order valence-corrected chi connectivity index (χ4v) is 4.66. The topological polar surface area (TPSA) is 21.7 Å². The highest BCUT2D eigenvalue weighted by Gasteiger charge is 2.53. The molecule has 0 radical (unpaired) electrons. The molecule has 3 saturated carbocycles. The molecule has 3 heteroatoms. The van der Waals surface area contributed by atoms with E-state index in [4.69, 9.17) is 9.47 Å². The van der Waals surface area contributed by atoms with Crippen LogP contribution in [0.3, 0.4) is 0 Å². The minimum absolute atomic E-state index is 0.622. The van der Waals surface area contributed by atoms with Crippen molar-refractivity contribution in [1.82, 2.24) is 4.90 Å². The number of hydrogen-bond donors (Lipinski definition) is 0. The zero-order valence-electron chi connectivity index (χ0n) is 13.3. The van der Waals surface area contributed by atoms with Crippen LogP contribution in [-0.4, -0.2) is 51.0 Å². The maximum atomic E-state index is 5.89. The first kappa shape index (κ1) is 14.8. The quantitative estimate of drug-likeness (QED) is 0.699. The van der Waals surface area contributed by atoms with Gasteiger partial charge < -0.3 is 9.47 Å². The summed E-state index contributed by atoms with van der Waals surface area (Å²) >= 11 is 0. The van der Waals surface area contributed by atoms with Crippen LogP contribution in [0.5, 0.6) is 0 Å². The van der Waals surface area contributed by atoms with Crippen LogP contribution >= 0.6 is 0 Å². The Bertz CT molecular complexity index is 310. The van der Waals surface area contributed by atoms with Gasteiger partial charge in [-0.15, -0.1) is 0 Å². The van der Waals surface area contributed by atoms with E-state index < -0.39 is 0 Å². The van der Waals surface area contributed by atoms with Gasteiger partial charge in [-0.25, -0.2) is 0 Å². The zero-order chi connectivity index (χ0) is 14.0. The molecule has 0 N–H and O–H groups in total. The average molecular weight is 281 g/mol. The number of hydrogen-bond acceptors (Lipinski definition) is 3. The van der Waals surface area contributed by atoms with E-state index >= 15 is 0 Å². The highest BCUT2D eigenvalue weighted by Crippen LogP contribution is 2.61. The third kappa shape index (κ3) is 3.05. The lowest BCUT2D eigenvalue weighted by molar-refractivity contribution is -0.111. The van der Waals surface area contributed by atoms with Gasteiger partial charge >= 0.3 is 0 Å². The first-order valence-electron chi connectivity index (χ1n) is 8.56. The second-order valence-electron chi connectivity index (χ2n) is 7.55. The third-order valence-electron chi connectivity index (χ3n) is 6.29. The number of rotatable bonds is 6. The van der Waals surface area contributed by atoms with Crippen molar-refractivity contribution in [1.29, 1.82) is 0 Å². The maximum Gasteiger partial charge on any atom is 0.0594 e. The third-order valence-corrected chi connectivity index (χ3v) is 6.29. The van der Waals surface area contributed by atoms with Crippen molar-refractivity contribution in [2.24, 2.45) is 23.2 Å². The molecule has 1 heterocycles. The average Bonchev–Trinajstić information content (AvgIpc) is 2.48. The summed E-state index contributed by atoms with van der Waals surface area (Å²) in [7, 11) is 0. The van der Waals surface area contributed by atoms with E-state index in [1.807, 2.05) is 0 Å². The minimum atomic E-state index is 0.622. The molecule has 3 atom stereocenters. The van der Waals surface area contributed by atoms with Crippen molar-refractivity contribution in [2.45, 2.75) is 39.5 Å². The lowest BCUT2D eigenvalue weighted by Crippen LogP contribution is -2.52. The van der Waals surface area contributed by atoms with Crippen molar-refractivity contribution in [3.05, 3.63) is 0 Å². The second-order valence-corrected chi connectivity index (χ2v) is 7.55. The predicted molar refractivity (Wildman–Crippen MR) is 80.8 cm³/mol. The molecule has 4 aliphatic rings. The van der Waals surface area contributed by atoms with Gasteiger partial charge in [0.2, 0.25) is 0 Å². The standard InChI is InChI=1S/C17H31NO2/c1-17(2)15-4-3-14(16(17)13-15)5-9-19-10-6-18-7-11-20-12-8-18/h14-16H,3-13H2,1-2H3/t14-,15+,16+/m0/s1. The van der Waals surface area contributed by atoms with E-state index in [2.05, 4.69) is 18.7 Å². The van der Waals surface area contributed by atoms with E-state index in [0.29, 0.717) is 5.41 Å². The molecule has 0 unspecified atom stereocenters. The molecule has 116 valence electrons. The van der Waals surface area contributed by atoms with Crippen LogP contribution in [0.15, 0.2) is 0 Å². The van der Waals surface area contributed by atoms with Crippen LogP contribution in [0.2, 0.25) is 0 Å². The van der Waals surface area contributed by atoms with Crippen LogP contribution in [-0.2, 0) is 9.47 Å². The Morgan fingerprint density at radius 1 is 1.15 bits per heavy atom. The molecule has 0 spiro atoms. The smallest absolute Gasteiger partial charge is 0.0594 e. The van der Waals surface area contributed by atoms with Gasteiger partial charge in [0, 0.05) is 26.2 Å². The highest BCUT2D eigenvalue weighted by atomic mass is 16.5. The van der Waals surface area contributed by atoms with Crippen molar-refractivity contribution in [3.8, 4) is 0 Å². The minimum Gasteiger partial charge on any atom is -0.380 e. The van der Waals surface area contributed by atoms with E-state index in [1.165, 1.54) is 25.7 Å². The molecule has 0 aromatic carbocycles. The first-order valence-corrected chi connectivity index (χ1v) is 8.56. The molecule has 0 aromatic heterocycles. The monoisotopic (exact) mass is 281 g/mol. The Morgan fingerprint density at radius 3 is 2.65 bits per heavy atom. The van der Waals surface area contributed by atoms with E-state index in [-0.39, 0.29) is 0 Å². The van der Waals surface area contributed by atoms with Gasteiger partial charge in [0.1, 0.15) is 0 Å². The van der Waals surface area contributed by atoms with Crippen LogP contribution in [0.4, 0.5) is 0 Å². The van der Waals surface area contributed by atoms with Crippen molar-refractivity contribution < 1.29 is 9.47 Å². The lowest BCUT2D eigenvalue weighted by Gasteiger charge is -2.60. The molecule has 3 nitrogen and oxygen atoms in total. The van der Waals surface area contributed by atoms with Gasteiger partial charge in [-0.1, -0.05) is 13.8 Å².